The lowest BCUT2D eigenvalue weighted by Gasteiger charge is -2.31. The van der Waals surface area contributed by atoms with E-state index in [2.05, 4.69) is 10.6 Å². The van der Waals surface area contributed by atoms with Gasteiger partial charge in [0, 0.05) is 18.3 Å². The fourth-order valence-corrected chi connectivity index (χ4v) is 5.09. The highest BCUT2D eigenvalue weighted by atomic mass is 19.1. The van der Waals surface area contributed by atoms with E-state index in [0.717, 1.165) is 5.56 Å². The van der Waals surface area contributed by atoms with Crippen LogP contribution < -0.4 is 15.4 Å². The lowest BCUT2D eigenvalue weighted by molar-refractivity contribution is -0.385. The van der Waals surface area contributed by atoms with Crippen molar-refractivity contribution >= 4 is 29.3 Å². The number of rotatable bonds is 9. The predicted molar refractivity (Wildman–Crippen MR) is 151 cm³/mol. The first-order chi connectivity index (χ1) is 20.1. The fourth-order valence-electron chi connectivity index (χ4n) is 5.09. The van der Waals surface area contributed by atoms with Crippen LogP contribution in [0.1, 0.15) is 36.1 Å². The van der Waals surface area contributed by atoms with Gasteiger partial charge in [-0.15, -0.1) is 0 Å². The van der Waals surface area contributed by atoms with Crippen molar-refractivity contribution in [3.8, 4) is 5.75 Å². The summed E-state index contributed by atoms with van der Waals surface area (Å²) in [7, 11) is 1.29. The molecule has 4 rings (SSSR count). The van der Waals surface area contributed by atoms with Gasteiger partial charge in [0.15, 0.2) is 5.75 Å². The summed E-state index contributed by atoms with van der Waals surface area (Å²) in [5.41, 5.74) is 1.87. The Morgan fingerprint density at radius 2 is 1.83 bits per heavy atom. The molecule has 220 valence electrons. The van der Waals surface area contributed by atoms with E-state index in [1.165, 1.54) is 54.5 Å². The minimum absolute atomic E-state index is 0.00113. The van der Waals surface area contributed by atoms with E-state index in [1.54, 1.807) is 25.1 Å². The molecule has 1 heterocycles. The molecule has 3 amide bonds. The van der Waals surface area contributed by atoms with E-state index in [1.807, 2.05) is 13.0 Å². The summed E-state index contributed by atoms with van der Waals surface area (Å²) >= 11 is 0. The summed E-state index contributed by atoms with van der Waals surface area (Å²) in [4.78, 5) is 53.1. The molecule has 0 aliphatic carbocycles. The van der Waals surface area contributed by atoms with Crippen molar-refractivity contribution in [2.45, 2.75) is 38.9 Å². The Kier molecular flexibility index (Phi) is 9.35. The molecule has 1 aliphatic heterocycles. The van der Waals surface area contributed by atoms with Crippen molar-refractivity contribution in [3.05, 3.63) is 99.4 Å². The van der Waals surface area contributed by atoms with Crippen molar-refractivity contribution in [2.75, 3.05) is 19.0 Å². The minimum Gasteiger partial charge on any atom is -0.490 e. The monoisotopic (exact) mass is 578 g/mol. The van der Waals surface area contributed by atoms with E-state index in [0.29, 0.717) is 11.3 Å². The van der Waals surface area contributed by atoms with E-state index < -0.39 is 46.6 Å². The maximum Gasteiger partial charge on any atom is 0.323 e. The number of anilines is 1. The van der Waals surface area contributed by atoms with Gasteiger partial charge in [-0.3, -0.25) is 19.7 Å². The molecule has 0 aromatic heterocycles. The summed E-state index contributed by atoms with van der Waals surface area (Å²) in [6.45, 7) is 3.59. The number of aryl methyl sites for hydroxylation is 1. The molecule has 11 nitrogen and oxygen atoms in total. The second-order valence-corrected chi connectivity index (χ2v) is 9.79. The molecule has 12 heteroatoms. The largest absolute Gasteiger partial charge is 0.490 e. The van der Waals surface area contributed by atoms with Gasteiger partial charge in [0.05, 0.1) is 30.6 Å². The zero-order valence-electron chi connectivity index (χ0n) is 23.3. The Balaban J connectivity index is 1.76. The SMILES string of the molecule is CCOC(=O)C1CC(C(=O)NCc2ccc(F)cc2)N(C(=O)Nc2cccc(C)c2)C1c1ccc(OC)c([N+](=O)[O-])c1. The van der Waals surface area contributed by atoms with E-state index in [4.69, 9.17) is 9.47 Å². The van der Waals surface area contributed by atoms with Crippen molar-refractivity contribution in [3.63, 3.8) is 0 Å². The molecule has 42 heavy (non-hydrogen) atoms. The third-order valence-electron chi connectivity index (χ3n) is 7.01. The van der Waals surface area contributed by atoms with Crippen molar-refractivity contribution in [1.29, 1.82) is 0 Å². The van der Waals surface area contributed by atoms with Crippen LogP contribution >= 0.6 is 0 Å². The molecule has 0 bridgehead atoms. The van der Waals surface area contributed by atoms with Crippen LogP contribution in [0.15, 0.2) is 66.7 Å². The average Bonchev–Trinajstić information content (AvgIpc) is 3.38. The Morgan fingerprint density at radius 1 is 1.10 bits per heavy atom. The minimum atomic E-state index is -1.14. The molecule has 3 atom stereocenters. The first kappa shape index (κ1) is 30.0. The number of esters is 1. The lowest BCUT2D eigenvalue weighted by atomic mass is 9.92. The Morgan fingerprint density at radius 3 is 2.48 bits per heavy atom. The molecule has 0 spiro atoms. The summed E-state index contributed by atoms with van der Waals surface area (Å²) < 4.78 is 23.8. The molecule has 1 fully saturated rings. The van der Waals surface area contributed by atoms with Gasteiger partial charge in [-0.25, -0.2) is 9.18 Å². The van der Waals surface area contributed by atoms with Gasteiger partial charge in [-0.2, -0.15) is 0 Å². The zero-order chi connectivity index (χ0) is 30.4. The van der Waals surface area contributed by atoms with Gasteiger partial charge in [0.2, 0.25) is 5.91 Å². The standard InChI is InChI=1S/C30H31FN4O7/c1-4-42-29(37)23-16-25(28(36)32-17-19-8-11-21(31)12-9-19)34(30(38)33-22-7-5-6-18(2)14-22)27(23)20-10-13-26(41-3)24(15-20)35(39)40/h5-15,23,25,27H,4,16-17H2,1-3H3,(H,32,36)(H,33,38). The predicted octanol–water partition coefficient (Wildman–Crippen LogP) is 4.89. The Bertz CT molecular complexity index is 1480. The second kappa shape index (κ2) is 13.1. The smallest absolute Gasteiger partial charge is 0.323 e. The van der Waals surface area contributed by atoms with Crippen molar-refractivity contribution in [1.82, 2.24) is 10.2 Å². The number of methoxy groups -OCH3 is 1. The Labute approximate surface area is 241 Å². The van der Waals surface area contributed by atoms with Gasteiger partial charge < -0.3 is 25.0 Å². The molecule has 3 aromatic rings. The molecular formula is C30H31FN4O7. The summed E-state index contributed by atoms with van der Waals surface area (Å²) in [5.74, 6) is -2.64. The van der Waals surface area contributed by atoms with E-state index >= 15 is 0 Å². The number of hydrogen-bond donors (Lipinski definition) is 2. The summed E-state index contributed by atoms with van der Waals surface area (Å²) in [6.07, 6.45) is -0.0974. The molecule has 2 N–H and O–H groups in total. The molecular weight excluding hydrogens is 547 g/mol. The number of carbonyl (C=O) groups excluding carboxylic acids is 3. The number of nitrogens with one attached hydrogen (secondary N) is 2. The molecule has 1 saturated heterocycles. The normalized spacial score (nSPS) is 17.8. The topological polar surface area (TPSA) is 140 Å². The summed E-state index contributed by atoms with van der Waals surface area (Å²) in [5, 5.41) is 17.4. The highest BCUT2D eigenvalue weighted by Crippen LogP contribution is 2.44. The van der Waals surface area contributed by atoms with Gasteiger partial charge in [-0.1, -0.05) is 30.3 Å². The van der Waals surface area contributed by atoms with Gasteiger partial charge in [0.1, 0.15) is 11.9 Å². The van der Waals surface area contributed by atoms with Crippen LogP contribution in [0.5, 0.6) is 5.75 Å². The first-order valence-corrected chi connectivity index (χ1v) is 13.3. The molecule has 3 aromatic carbocycles. The zero-order valence-corrected chi connectivity index (χ0v) is 23.3. The number of amides is 3. The van der Waals surface area contributed by atoms with Crippen LogP contribution in [0.25, 0.3) is 0 Å². The third kappa shape index (κ3) is 6.65. The van der Waals surface area contributed by atoms with E-state index in [-0.39, 0.29) is 36.6 Å². The third-order valence-corrected chi connectivity index (χ3v) is 7.01. The maximum atomic E-state index is 13.9. The van der Waals surface area contributed by atoms with Crippen molar-refractivity contribution < 1.29 is 33.2 Å². The van der Waals surface area contributed by atoms with Crippen LogP contribution in [0, 0.1) is 28.8 Å². The molecule has 1 aliphatic rings. The van der Waals surface area contributed by atoms with Crippen LogP contribution in [0.2, 0.25) is 0 Å². The van der Waals surface area contributed by atoms with E-state index in [9.17, 15) is 28.9 Å². The number of likely N-dealkylation sites (tertiary alicyclic amines) is 1. The number of carbonyl (C=O) groups is 3. The average molecular weight is 579 g/mol. The fraction of sp³-hybridized carbons (Fsp3) is 0.300. The second-order valence-electron chi connectivity index (χ2n) is 9.79. The maximum absolute atomic E-state index is 13.9. The van der Waals surface area contributed by atoms with Crippen LogP contribution in [-0.4, -0.2) is 47.5 Å². The molecule has 0 saturated carbocycles. The number of halogens is 1. The summed E-state index contributed by atoms with van der Waals surface area (Å²) in [6, 6.07) is 13.8. The number of benzene rings is 3. The highest BCUT2D eigenvalue weighted by molar-refractivity contribution is 5.96. The number of nitrogens with zero attached hydrogens (tertiary/aromatic N) is 2. The lowest BCUT2D eigenvalue weighted by Crippen LogP contribution is -2.48. The quantitative estimate of drug-likeness (QED) is 0.209. The highest BCUT2D eigenvalue weighted by Gasteiger charge is 2.51. The number of hydrogen-bond acceptors (Lipinski definition) is 7. The first-order valence-electron chi connectivity index (χ1n) is 13.3. The van der Waals surface area contributed by atoms with Gasteiger partial charge in [0.25, 0.3) is 0 Å². The molecule has 0 radical (unpaired) electrons. The van der Waals surface area contributed by atoms with Gasteiger partial charge in [-0.05, 0) is 67.3 Å². The van der Waals surface area contributed by atoms with Gasteiger partial charge >= 0.3 is 17.7 Å². The van der Waals surface area contributed by atoms with Crippen LogP contribution in [0.3, 0.4) is 0 Å². The van der Waals surface area contributed by atoms with Crippen molar-refractivity contribution in [2.24, 2.45) is 5.92 Å². The number of nitro groups is 1. The number of nitro benzene ring substituents is 1. The van der Waals surface area contributed by atoms with Crippen LogP contribution in [-0.2, 0) is 20.9 Å². The van der Waals surface area contributed by atoms with Crippen LogP contribution in [0.4, 0.5) is 20.6 Å². The number of ether oxygens (including phenoxy) is 2. The Hall–Kier alpha value is -5.00. The number of urea groups is 1. The molecule has 3 unspecified atom stereocenters.